The Morgan fingerprint density at radius 2 is 1.90 bits per heavy atom. The average molecular weight is 520 g/mol. The zero-order chi connectivity index (χ0) is 20.2. The molecule has 0 amide bonds. The van der Waals surface area contributed by atoms with Crippen molar-refractivity contribution in [3.05, 3.63) is 23.8 Å². The Morgan fingerprint density at radius 1 is 1.14 bits per heavy atom. The molecule has 1 aliphatic heterocycles. The number of nitrogens with one attached hydrogen (secondary N) is 2. The number of guanidine groups is 1. The number of ether oxygens (including phenoxy) is 3. The highest BCUT2D eigenvalue weighted by molar-refractivity contribution is 14.0. The van der Waals surface area contributed by atoms with Gasteiger partial charge in [0.2, 0.25) is 0 Å². The Kier molecular flexibility index (Phi) is 13.0. The molecule has 1 fully saturated rings. The lowest BCUT2D eigenvalue weighted by atomic mass is 9.97. The first-order valence-electron chi connectivity index (χ1n) is 10.1. The third kappa shape index (κ3) is 8.96. The van der Waals surface area contributed by atoms with Crippen molar-refractivity contribution in [3.8, 4) is 11.5 Å². The minimum atomic E-state index is 0. The Morgan fingerprint density at radius 3 is 2.52 bits per heavy atom. The molecule has 0 radical (unpaired) electrons. The van der Waals surface area contributed by atoms with Crippen molar-refractivity contribution < 1.29 is 14.2 Å². The van der Waals surface area contributed by atoms with E-state index in [0.29, 0.717) is 12.5 Å². The van der Waals surface area contributed by atoms with Crippen molar-refractivity contribution in [3.63, 3.8) is 0 Å². The molecule has 1 aliphatic rings. The molecule has 7 nitrogen and oxygen atoms in total. The van der Waals surface area contributed by atoms with Gasteiger partial charge in [0.15, 0.2) is 5.96 Å². The molecule has 2 N–H and O–H groups in total. The fourth-order valence-corrected chi connectivity index (χ4v) is 3.36. The molecule has 1 aromatic rings. The average Bonchev–Trinajstić information content (AvgIpc) is 2.74. The van der Waals surface area contributed by atoms with Crippen molar-refractivity contribution in [1.29, 1.82) is 0 Å². The second-order valence-corrected chi connectivity index (χ2v) is 7.03. The number of aliphatic imine (C=N–C) groups is 1. The summed E-state index contributed by atoms with van der Waals surface area (Å²) in [6.45, 7) is 8.56. The molecular weight excluding hydrogens is 483 g/mol. The molecule has 0 bridgehead atoms. The van der Waals surface area contributed by atoms with Gasteiger partial charge in [0.05, 0.1) is 27.4 Å². The molecule has 0 unspecified atom stereocenters. The molecule has 166 valence electrons. The molecular formula is C21H37IN4O3. The largest absolute Gasteiger partial charge is 0.497 e. The van der Waals surface area contributed by atoms with Gasteiger partial charge in [0, 0.05) is 38.4 Å². The Hall–Kier alpha value is -1.26. The van der Waals surface area contributed by atoms with Gasteiger partial charge >= 0.3 is 0 Å². The maximum atomic E-state index is 5.47. The highest BCUT2D eigenvalue weighted by Gasteiger charge is 2.19. The van der Waals surface area contributed by atoms with E-state index in [1.165, 1.54) is 12.8 Å². The van der Waals surface area contributed by atoms with Crippen LogP contribution < -0.4 is 20.1 Å². The van der Waals surface area contributed by atoms with E-state index in [2.05, 4.69) is 22.5 Å². The van der Waals surface area contributed by atoms with Gasteiger partial charge in [0.25, 0.3) is 0 Å². The predicted octanol–water partition coefficient (Wildman–Crippen LogP) is 2.74. The summed E-state index contributed by atoms with van der Waals surface area (Å²) in [5.41, 5.74) is 1.03. The molecule has 0 spiro atoms. The molecule has 1 heterocycles. The first-order chi connectivity index (χ1) is 13.7. The van der Waals surface area contributed by atoms with E-state index in [1.807, 2.05) is 18.2 Å². The summed E-state index contributed by atoms with van der Waals surface area (Å²) >= 11 is 0. The number of piperidine rings is 1. The van der Waals surface area contributed by atoms with Crippen LogP contribution in [-0.4, -0.2) is 71.5 Å². The van der Waals surface area contributed by atoms with Crippen LogP contribution >= 0.6 is 24.0 Å². The maximum Gasteiger partial charge on any atom is 0.191 e. The molecule has 29 heavy (non-hydrogen) atoms. The second-order valence-electron chi connectivity index (χ2n) is 7.03. The van der Waals surface area contributed by atoms with Gasteiger partial charge in [-0.25, -0.2) is 4.99 Å². The summed E-state index contributed by atoms with van der Waals surface area (Å²) in [7, 11) is 5.09. The Bertz CT molecular complexity index is 608. The summed E-state index contributed by atoms with van der Waals surface area (Å²) < 4.78 is 15.9. The minimum Gasteiger partial charge on any atom is -0.497 e. The van der Waals surface area contributed by atoms with Crippen molar-refractivity contribution in [2.24, 2.45) is 10.9 Å². The van der Waals surface area contributed by atoms with Gasteiger partial charge in [-0.3, -0.25) is 0 Å². The number of halogens is 1. The summed E-state index contributed by atoms with van der Waals surface area (Å²) in [4.78, 5) is 7.22. The quantitative estimate of drug-likeness (QED) is 0.281. The normalized spacial score (nSPS) is 15.5. The van der Waals surface area contributed by atoms with Crippen LogP contribution in [0.2, 0.25) is 0 Å². The lowest BCUT2D eigenvalue weighted by molar-refractivity contribution is 0.121. The monoisotopic (exact) mass is 520 g/mol. The van der Waals surface area contributed by atoms with Gasteiger partial charge in [0.1, 0.15) is 11.5 Å². The van der Waals surface area contributed by atoms with Gasteiger partial charge < -0.3 is 29.7 Å². The number of hydrogen-bond donors (Lipinski definition) is 2. The van der Waals surface area contributed by atoms with E-state index in [4.69, 9.17) is 19.2 Å². The topological polar surface area (TPSA) is 67.4 Å². The molecule has 1 aromatic carbocycles. The van der Waals surface area contributed by atoms with Crippen LogP contribution in [0.15, 0.2) is 23.2 Å². The number of hydrogen-bond acceptors (Lipinski definition) is 5. The third-order valence-electron chi connectivity index (χ3n) is 5.12. The van der Waals surface area contributed by atoms with Gasteiger partial charge in [-0.1, -0.05) is 0 Å². The maximum absolute atomic E-state index is 5.47. The molecule has 8 heteroatoms. The number of benzene rings is 1. The van der Waals surface area contributed by atoms with Crippen LogP contribution in [0, 0.1) is 5.92 Å². The Balaban J connectivity index is 0.00000420. The summed E-state index contributed by atoms with van der Waals surface area (Å²) in [6.07, 6.45) is 2.42. The zero-order valence-electron chi connectivity index (χ0n) is 18.2. The molecule has 0 atom stereocenters. The van der Waals surface area contributed by atoms with Crippen molar-refractivity contribution in [1.82, 2.24) is 15.5 Å². The molecule has 0 aliphatic carbocycles. The van der Waals surface area contributed by atoms with Crippen molar-refractivity contribution in [2.75, 3.05) is 60.7 Å². The molecule has 0 saturated carbocycles. The number of nitrogens with zero attached hydrogens (tertiary/aromatic N) is 2. The smallest absolute Gasteiger partial charge is 0.191 e. The number of likely N-dealkylation sites (tertiary alicyclic amines) is 1. The van der Waals surface area contributed by atoms with E-state index in [-0.39, 0.29) is 24.0 Å². The predicted molar refractivity (Wildman–Crippen MR) is 129 cm³/mol. The highest BCUT2D eigenvalue weighted by atomic mass is 127. The van der Waals surface area contributed by atoms with Crippen LogP contribution in [0.25, 0.3) is 0 Å². The van der Waals surface area contributed by atoms with Gasteiger partial charge in [-0.05, 0) is 50.9 Å². The van der Waals surface area contributed by atoms with Gasteiger partial charge in [-0.15, -0.1) is 24.0 Å². The van der Waals surface area contributed by atoms with Crippen molar-refractivity contribution in [2.45, 2.75) is 26.3 Å². The van der Waals surface area contributed by atoms with Crippen molar-refractivity contribution >= 4 is 29.9 Å². The van der Waals surface area contributed by atoms with E-state index in [1.54, 1.807) is 21.3 Å². The fourth-order valence-electron chi connectivity index (χ4n) is 3.36. The first kappa shape index (κ1) is 25.8. The van der Waals surface area contributed by atoms with Crippen LogP contribution in [0.1, 0.15) is 25.3 Å². The lowest BCUT2D eigenvalue weighted by Gasteiger charge is -2.32. The van der Waals surface area contributed by atoms with Crippen LogP contribution in [0.4, 0.5) is 0 Å². The first-order valence-corrected chi connectivity index (χ1v) is 10.1. The molecule has 2 rings (SSSR count). The number of methoxy groups -OCH3 is 3. The van der Waals surface area contributed by atoms with Crippen LogP contribution in [0.3, 0.4) is 0 Å². The van der Waals surface area contributed by atoms with Crippen LogP contribution in [-0.2, 0) is 11.3 Å². The Labute approximate surface area is 192 Å². The van der Waals surface area contributed by atoms with E-state index in [0.717, 1.165) is 62.4 Å². The van der Waals surface area contributed by atoms with Crippen LogP contribution in [0.5, 0.6) is 11.5 Å². The minimum absolute atomic E-state index is 0. The lowest BCUT2D eigenvalue weighted by Crippen LogP contribution is -2.43. The molecule has 0 aromatic heterocycles. The summed E-state index contributed by atoms with van der Waals surface area (Å²) in [5, 5.41) is 6.84. The fraction of sp³-hybridized carbons (Fsp3) is 0.667. The second kappa shape index (κ2) is 14.7. The summed E-state index contributed by atoms with van der Waals surface area (Å²) in [5.74, 6) is 3.11. The highest BCUT2D eigenvalue weighted by Crippen LogP contribution is 2.25. The zero-order valence-corrected chi connectivity index (χ0v) is 20.5. The van der Waals surface area contributed by atoms with Gasteiger partial charge in [-0.2, -0.15) is 0 Å². The van der Waals surface area contributed by atoms with E-state index in [9.17, 15) is 0 Å². The third-order valence-corrected chi connectivity index (χ3v) is 5.12. The van der Waals surface area contributed by atoms with E-state index < -0.39 is 0 Å². The SMILES string of the molecule is CCNC(=NCc1ccc(OC)cc1OC)NCC1CCN(CCOC)CC1.I. The number of rotatable bonds is 10. The van der Waals surface area contributed by atoms with E-state index >= 15 is 0 Å². The summed E-state index contributed by atoms with van der Waals surface area (Å²) in [6, 6.07) is 5.83. The standard InChI is InChI=1S/C21H36N4O3.HI/c1-5-22-21(23-15-17-8-10-25(11-9-17)12-13-26-2)24-16-18-6-7-19(27-3)14-20(18)28-4;/h6-7,14,17H,5,8-13,15-16H2,1-4H3,(H2,22,23,24);1H. The molecule has 1 saturated heterocycles.